The molecule has 45 heavy (non-hydrogen) atoms. The monoisotopic (exact) mass is 634 g/mol. The van der Waals surface area contributed by atoms with Crippen molar-refractivity contribution in [3.05, 3.63) is 81.9 Å². The van der Waals surface area contributed by atoms with Gasteiger partial charge in [0.2, 0.25) is 0 Å². The van der Waals surface area contributed by atoms with Gasteiger partial charge >= 0.3 is 0 Å². The maximum atomic E-state index is 14.7. The highest BCUT2D eigenvalue weighted by Crippen LogP contribution is 2.34. The lowest BCUT2D eigenvalue weighted by Gasteiger charge is -2.42. The Labute approximate surface area is 264 Å². The number of amides is 1. The normalized spacial score (nSPS) is 18.8. The van der Waals surface area contributed by atoms with Crippen molar-refractivity contribution in [2.24, 2.45) is 0 Å². The summed E-state index contributed by atoms with van der Waals surface area (Å²) >= 11 is 0. The zero-order valence-electron chi connectivity index (χ0n) is 26.4. The van der Waals surface area contributed by atoms with E-state index in [4.69, 9.17) is 4.78 Å². The van der Waals surface area contributed by atoms with Crippen LogP contribution in [0.2, 0.25) is 0 Å². The summed E-state index contributed by atoms with van der Waals surface area (Å²) in [7, 11) is -3.29. The van der Waals surface area contributed by atoms with E-state index in [1.54, 1.807) is 18.2 Å². The van der Waals surface area contributed by atoms with E-state index in [0.29, 0.717) is 36.4 Å². The standard InChI is InChI=1S/C34H40F2N6O2S/c1-21-17-22(2)32(39-27-11-13-40(14-12-27)29-10-9-26(35)18-25(29)19-37)24(4)31(21)34(43)42-16-15-41(20-23(42)3)30-8-6-7-28(36)33(30)45(5,38)44/h6-10,17-18,23,27,38-39H,11-16,20H2,1-5H3/t23-,45?/m0/s1. The van der Waals surface area contributed by atoms with Crippen LogP contribution in [0.15, 0.2) is 47.4 Å². The van der Waals surface area contributed by atoms with Gasteiger partial charge in [-0.15, -0.1) is 0 Å². The molecule has 0 spiro atoms. The number of rotatable bonds is 6. The number of aryl methyl sites for hydroxylation is 2. The number of nitriles is 1. The first kappa shape index (κ1) is 32.2. The number of nitrogens with one attached hydrogen (secondary N) is 2. The fourth-order valence-corrected chi connectivity index (χ4v) is 7.87. The Bertz CT molecular complexity index is 1780. The second-order valence-corrected chi connectivity index (χ2v) is 14.4. The van der Waals surface area contributed by atoms with Crippen molar-refractivity contribution in [3.8, 4) is 6.07 Å². The number of hydrogen-bond donors (Lipinski definition) is 2. The molecule has 1 amide bonds. The molecule has 2 aliphatic heterocycles. The maximum Gasteiger partial charge on any atom is 0.254 e. The van der Waals surface area contributed by atoms with Gasteiger partial charge in [0.1, 0.15) is 22.6 Å². The number of piperidine rings is 1. The SMILES string of the molecule is Cc1cc(C)c(C(=O)N2CCN(c3cccc(F)c3S(C)(=N)=O)C[C@@H]2C)c(C)c1NC1CCN(c2ccc(F)cc2C#N)CC1. The lowest BCUT2D eigenvalue weighted by Crippen LogP contribution is -2.54. The number of hydrogen-bond acceptors (Lipinski definition) is 7. The molecule has 0 saturated carbocycles. The molecule has 8 nitrogen and oxygen atoms in total. The summed E-state index contributed by atoms with van der Waals surface area (Å²) in [5, 5.41) is 13.2. The van der Waals surface area contributed by atoms with Gasteiger partial charge in [-0.25, -0.2) is 17.8 Å². The molecule has 2 aliphatic rings. The number of piperazine rings is 1. The predicted octanol–water partition coefficient (Wildman–Crippen LogP) is 6.23. The van der Waals surface area contributed by atoms with E-state index in [1.165, 1.54) is 24.5 Å². The number of nitrogens with zero attached hydrogens (tertiary/aromatic N) is 4. The van der Waals surface area contributed by atoms with Gasteiger partial charge in [-0.2, -0.15) is 5.26 Å². The first-order valence-electron chi connectivity index (χ1n) is 15.2. The molecule has 2 N–H and O–H groups in total. The van der Waals surface area contributed by atoms with Gasteiger partial charge in [0.15, 0.2) is 0 Å². The van der Waals surface area contributed by atoms with E-state index >= 15 is 0 Å². The summed E-state index contributed by atoms with van der Waals surface area (Å²) < 4.78 is 49.0. The van der Waals surface area contributed by atoms with E-state index in [0.717, 1.165) is 54.0 Å². The predicted molar refractivity (Wildman–Crippen MR) is 175 cm³/mol. The van der Waals surface area contributed by atoms with Gasteiger partial charge in [-0.3, -0.25) is 4.79 Å². The van der Waals surface area contributed by atoms with Crippen LogP contribution in [0.5, 0.6) is 0 Å². The lowest BCUT2D eigenvalue weighted by molar-refractivity contribution is 0.0672. The van der Waals surface area contributed by atoms with Crippen LogP contribution in [0.1, 0.15) is 52.4 Å². The minimum Gasteiger partial charge on any atom is -0.382 e. The van der Waals surface area contributed by atoms with E-state index in [-0.39, 0.29) is 22.9 Å². The third kappa shape index (κ3) is 6.47. The fourth-order valence-electron chi connectivity index (χ4n) is 6.83. The van der Waals surface area contributed by atoms with Gasteiger partial charge in [0.05, 0.1) is 26.7 Å². The summed E-state index contributed by atoms with van der Waals surface area (Å²) in [5.74, 6) is -1.13. The van der Waals surface area contributed by atoms with Crippen molar-refractivity contribution in [2.45, 2.75) is 57.5 Å². The van der Waals surface area contributed by atoms with Crippen LogP contribution in [-0.4, -0.2) is 66.1 Å². The zero-order valence-corrected chi connectivity index (χ0v) is 27.2. The first-order valence-corrected chi connectivity index (χ1v) is 17.2. The topological polar surface area (TPSA) is 104 Å². The third-order valence-electron chi connectivity index (χ3n) is 9.01. The molecule has 0 bridgehead atoms. The summed E-state index contributed by atoms with van der Waals surface area (Å²) in [5.41, 5.74) is 6.00. The second-order valence-electron chi connectivity index (χ2n) is 12.3. The highest BCUT2D eigenvalue weighted by molar-refractivity contribution is 7.91. The van der Waals surface area contributed by atoms with Crippen LogP contribution in [0.4, 0.5) is 25.8 Å². The maximum absolute atomic E-state index is 14.7. The molecular formula is C34H40F2N6O2S. The van der Waals surface area contributed by atoms with Crippen LogP contribution < -0.4 is 15.1 Å². The van der Waals surface area contributed by atoms with Crippen molar-refractivity contribution in [1.29, 1.82) is 10.0 Å². The van der Waals surface area contributed by atoms with Gasteiger partial charge in [0.25, 0.3) is 5.91 Å². The van der Waals surface area contributed by atoms with Crippen molar-refractivity contribution in [3.63, 3.8) is 0 Å². The molecule has 3 aromatic carbocycles. The van der Waals surface area contributed by atoms with Crippen molar-refractivity contribution >= 4 is 32.7 Å². The quantitative estimate of drug-likeness (QED) is 0.333. The second kappa shape index (κ2) is 12.7. The fraction of sp³-hybridized carbons (Fsp3) is 0.412. The van der Waals surface area contributed by atoms with Gasteiger partial charge in [0, 0.05) is 62.3 Å². The minimum absolute atomic E-state index is 0.0605. The van der Waals surface area contributed by atoms with E-state index in [1.807, 2.05) is 43.6 Å². The van der Waals surface area contributed by atoms with Crippen molar-refractivity contribution in [1.82, 2.24) is 4.90 Å². The summed E-state index contributed by atoms with van der Waals surface area (Å²) in [6.07, 6.45) is 2.87. The highest BCUT2D eigenvalue weighted by atomic mass is 32.2. The average Bonchev–Trinajstić information content (AvgIpc) is 2.98. The Kier molecular flexibility index (Phi) is 9.08. The van der Waals surface area contributed by atoms with Gasteiger partial charge in [-0.1, -0.05) is 12.1 Å². The van der Waals surface area contributed by atoms with Gasteiger partial charge in [-0.05, 0) is 87.6 Å². The molecule has 1 unspecified atom stereocenters. The number of carbonyl (C=O) groups is 1. The van der Waals surface area contributed by atoms with Crippen LogP contribution in [0.25, 0.3) is 0 Å². The molecule has 0 aromatic heterocycles. The average molecular weight is 635 g/mol. The van der Waals surface area contributed by atoms with Crippen molar-refractivity contribution in [2.75, 3.05) is 54.1 Å². The van der Waals surface area contributed by atoms with Gasteiger partial charge < -0.3 is 20.0 Å². The Balaban J connectivity index is 1.31. The first-order chi connectivity index (χ1) is 21.3. The number of anilines is 3. The van der Waals surface area contributed by atoms with Crippen LogP contribution in [-0.2, 0) is 9.73 Å². The molecule has 2 fully saturated rings. The Morgan fingerprint density at radius 3 is 2.36 bits per heavy atom. The molecule has 238 valence electrons. The molecule has 0 radical (unpaired) electrons. The van der Waals surface area contributed by atoms with E-state index in [9.17, 15) is 23.0 Å². The Morgan fingerprint density at radius 1 is 1.00 bits per heavy atom. The number of benzene rings is 3. The molecule has 2 atom stereocenters. The lowest BCUT2D eigenvalue weighted by atomic mass is 9.94. The molecule has 0 aliphatic carbocycles. The third-order valence-corrected chi connectivity index (χ3v) is 10.2. The zero-order chi connectivity index (χ0) is 32.6. The summed E-state index contributed by atoms with van der Waals surface area (Å²) in [4.78, 5) is 19.9. The minimum atomic E-state index is -3.29. The van der Waals surface area contributed by atoms with Crippen molar-refractivity contribution < 1.29 is 17.8 Å². The smallest absolute Gasteiger partial charge is 0.254 e. The number of halogens is 2. The van der Waals surface area contributed by atoms with Crippen LogP contribution in [0.3, 0.4) is 0 Å². The number of carbonyl (C=O) groups excluding carboxylic acids is 1. The highest BCUT2D eigenvalue weighted by Gasteiger charge is 2.33. The molecular weight excluding hydrogens is 594 g/mol. The van der Waals surface area contributed by atoms with Crippen LogP contribution in [0, 0.1) is 48.5 Å². The molecule has 5 rings (SSSR count). The Morgan fingerprint density at radius 2 is 1.71 bits per heavy atom. The molecule has 3 aromatic rings. The largest absolute Gasteiger partial charge is 0.382 e. The Hall–Kier alpha value is -4.17. The van der Waals surface area contributed by atoms with E-state index in [2.05, 4.69) is 16.3 Å². The summed E-state index contributed by atoms with van der Waals surface area (Å²) in [6, 6.07) is 12.9. The molecule has 2 saturated heterocycles. The molecule has 11 heteroatoms. The summed E-state index contributed by atoms with van der Waals surface area (Å²) in [6.45, 7) is 10.6. The van der Waals surface area contributed by atoms with E-state index < -0.39 is 21.4 Å². The van der Waals surface area contributed by atoms with Crippen LogP contribution >= 0.6 is 0 Å². The molecule has 2 heterocycles.